The summed E-state index contributed by atoms with van der Waals surface area (Å²) in [5.41, 5.74) is 6.30. The molecule has 0 bridgehead atoms. The van der Waals surface area contributed by atoms with E-state index in [2.05, 4.69) is 16.5 Å². The van der Waals surface area contributed by atoms with E-state index in [4.69, 9.17) is 17.3 Å². The molecule has 9 heteroatoms. The fourth-order valence-corrected chi connectivity index (χ4v) is 3.25. The lowest BCUT2D eigenvalue weighted by atomic mass is 9.81. The number of carbonyl (C=O) groups excluding carboxylic acids is 1. The summed E-state index contributed by atoms with van der Waals surface area (Å²) in [5.74, 6) is -2.90. The molecule has 0 unspecified atom stereocenters. The van der Waals surface area contributed by atoms with Crippen LogP contribution >= 0.6 is 11.6 Å². The molecule has 1 aliphatic rings. The van der Waals surface area contributed by atoms with E-state index in [-0.39, 0.29) is 30.3 Å². The van der Waals surface area contributed by atoms with Crippen molar-refractivity contribution in [3.63, 3.8) is 0 Å². The molecule has 0 aliphatic heterocycles. The summed E-state index contributed by atoms with van der Waals surface area (Å²) in [6.45, 7) is 0. The number of rotatable bonds is 4. The van der Waals surface area contributed by atoms with Crippen LogP contribution in [-0.2, 0) is 0 Å². The Morgan fingerprint density at radius 1 is 1.42 bits per heavy atom. The summed E-state index contributed by atoms with van der Waals surface area (Å²) >= 11 is 5.86. The third-order valence-corrected chi connectivity index (χ3v) is 4.71. The maximum absolute atomic E-state index is 11.8. The van der Waals surface area contributed by atoms with Gasteiger partial charge in [-0.3, -0.25) is 9.48 Å². The second-order valence-corrected chi connectivity index (χ2v) is 6.83. The first-order valence-electron chi connectivity index (χ1n) is 8.05. The Kier molecular flexibility index (Phi) is 4.87. The highest BCUT2D eigenvalue weighted by Crippen LogP contribution is 2.38. The highest BCUT2D eigenvalue weighted by atomic mass is 35.5. The number of hydrogen-bond acceptors (Lipinski definition) is 6. The minimum absolute atomic E-state index is 0.0835. The molecule has 0 spiro atoms. The van der Waals surface area contributed by atoms with Gasteiger partial charge >= 0.3 is 0 Å². The van der Waals surface area contributed by atoms with E-state index >= 15 is 0 Å². The summed E-state index contributed by atoms with van der Waals surface area (Å²) < 4.78 is 1.50. The Morgan fingerprint density at radius 3 is 2.73 bits per heavy atom. The first-order valence-corrected chi connectivity index (χ1v) is 8.43. The van der Waals surface area contributed by atoms with Crippen LogP contribution in [0.25, 0.3) is 0 Å². The smallest absolute Gasteiger partial charge is 0.254 e. The Labute approximate surface area is 154 Å². The van der Waals surface area contributed by atoms with Crippen molar-refractivity contribution in [3.8, 4) is 6.07 Å². The van der Waals surface area contributed by atoms with Gasteiger partial charge in [0.25, 0.3) is 5.91 Å². The molecule has 1 heterocycles. The molecule has 2 aromatic rings. The largest absolute Gasteiger partial charge is 0.366 e. The van der Waals surface area contributed by atoms with Crippen LogP contribution in [0.4, 0.5) is 11.5 Å². The van der Waals surface area contributed by atoms with Crippen molar-refractivity contribution in [1.29, 1.82) is 5.26 Å². The molecule has 1 amide bonds. The standard InChI is InChI=1S/C17H18ClN5O3/c18-11-1-3-12(4-2-11)21-16-13(15(20)24)9-23(22-16)14-5-6-17(25,26)7-10(14)8-19/h1-4,9-10,14,25-26H,5-7H2,(H2,20,24)(H,21,22)/t10-,14+/m1/s1. The van der Waals surface area contributed by atoms with Crippen LogP contribution in [0, 0.1) is 17.2 Å². The third kappa shape index (κ3) is 3.80. The third-order valence-electron chi connectivity index (χ3n) is 4.46. The molecule has 5 N–H and O–H groups in total. The number of nitriles is 1. The highest BCUT2D eigenvalue weighted by Gasteiger charge is 2.40. The van der Waals surface area contributed by atoms with Crippen molar-refractivity contribution in [3.05, 3.63) is 41.0 Å². The summed E-state index contributed by atoms with van der Waals surface area (Å²) in [5, 5.41) is 36.9. The number of halogens is 1. The van der Waals surface area contributed by atoms with Gasteiger partial charge in [0.2, 0.25) is 0 Å². The van der Waals surface area contributed by atoms with E-state index in [1.165, 1.54) is 10.9 Å². The van der Waals surface area contributed by atoms with Crippen molar-refractivity contribution >= 4 is 29.0 Å². The predicted molar refractivity (Wildman–Crippen MR) is 94.6 cm³/mol. The van der Waals surface area contributed by atoms with Gasteiger partial charge in [-0.1, -0.05) is 11.6 Å². The van der Waals surface area contributed by atoms with Crippen molar-refractivity contribution < 1.29 is 15.0 Å². The lowest BCUT2D eigenvalue weighted by molar-refractivity contribution is -0.192. The quantitative estimate of drug-likeness (QED) is 0.602. The maximum Gasteiger partial charge on any atom is 0.254 e. The fraction of sp³-hybridized carbons (Fsp3) is 0.353. The van der Waals surface area contributed by atoms with Crippen molar-refractivity contribution in [1.82, 2.24) is 9.78 Å². The average Bonchev–Trinajstić information content (AvgIpc) is 3.00. The number of carbonyl (C=O) groups is 1. The number of nitrogens with one attached hydrogen (secondary N) is 1. The number of hydrogen-bond donors (Lipinski definition) is 4. The Bertz CT molecular complexity index is 856. The van der Waals surface area contributed by atoms with Crippen LogP contribution in [0.2, 0.25) is 5.02 Å². The van der Waals surface area contributed by atoms with Gasteiger partial charge in [0.15, 0.2) is 11.6 Å². The highest BCUT2D eigenvalue weighted by molar-refractivity contribution is 6.30. The summed E-state index contributed by atoms with van der Waals surface area (Å²) in [6.07, 6.45) is 1.85. The second-order valence-electron chi connectivity index (χ2n) is 6.40. The van der Waals surface area contributed by atoms with E-state index in [0.717, 1.165) is 0 Å². The molecule has 8 nitrogen and oxygen atoms in total. The zero-order valence-electron chi connectivity index (χ0n) is 13.8. The predicted octanol–water partition coefficient (Wildman–Crippen LogP) is 1.92. The number of primary amides is 1. The topological polar surface area (TPSA) is 137 Å². The van der Waals surface area contributed by atoms with Crippen LogP contribution in [0.1, 0.15) is 35.7 Å². The normalized spacial score (nSPS) is 21.8. The molecule has 0 saturated heterocycles. The van der Waals surface area contributed by atoms with E-state index in [1.54, 1.807) is 24.3 Å². The number of anilines is 2. The number of aliphatic hydroxyl groups is 2. The van der Waals surface area contributed by atoms with Gasteiger partial charge < -0.3 is 21.3 Å². The summed E-state index contributed by atoms with van der Waals surface area (Å²) in [4.78, 5) is 11.8. The average molecular weight is 376 g/mol. The van der Waals surface area contributed by atoms with E-state index in [9.17, 15) is 20.3 Å². The molecule has 1 saturated carbocycles. The van der Waals surface area contributed by atoms with Crippen LogP contribution in [0.15, 0.2) is 30.5 Å². The summed E-state index contributed by atoms with van der Waals surface area (Å²) in [6, 6.07) is 8.56. The fourth-order valence-electron chi connectivity index (χ4n) is 3.12. The number of aromatic nitrogens is 2. The lowest BCUT2D eigenvalue weighted by Crippen LogP contribution is -2.39. The molecule has 2 atom stereocenters. The van der Waals surface area contributed by atoms with Crippen LogP contribution < -0.4 is 11.1 Å². The molecule has 1 aromatic carbocycles. The molecule has 1 fully saturated rings. The minimum Gasteiger partial charge on any atom is -0.366 e. The van der Waals surface area contributed by atoms with Crippen LogP contribution in [-0.4, -0.2) is 31.7 Å². The van der Waals surface area contributed by atoms with E-state index < -0.39 is 17.6 Å². The van der Waals surface area contributed by atoms with Gasteiger partial charge in [0, 0.05) is 29.7 Å². The van der Waals surface area contributed by atoms with Crippen LogP contribution in [0.5, 0.6) is 0 Å². The van der Waals surface area contributed by atoms with Crippen molar-refractivity contribution in [2.24, 2.45) is 11.7 Å². The molecule has 136 valence electrons. The van der Waals surface area contributed by atoms with Crippen LogP contribution in [0.3, 0.4) is 0 Å². The molecule has 1 aromatic heterocycles. The molecule has 1 aliphatic carbocycles. The molecule has 0 radical (unpaired) electrons. The number of amides is 1. The van der Waals surface area contributed by atoms with Crippen molar-refractivity contribution in [2.75, 3.05) is 5.32 Å². The van der Waals surface area contributed by atoms with Gasteiger partial charge in [-0.05, 0) is 30.7 Å². The lowest BCUT2D eigenvalue weighted by Gasteiger charge is -2.35. The molecular weight excluding hydrogens is 358 g/mol. The van der Waals surface area contributed by atoms with Gasteiger partial charge in [-0.15, -0.1) is 0 Å². The Balaban J connectivity index is 1.91. The maximum atomic E-state index is 11.8. The first kappa shape index (κ1) is 18.2. The van der Waals surface area contributed by atoms with Gasteiger partial charge in [0.1, 0.15) is 5.56 Å². The van der Waals surface area contributed by atoms with Gasteiger partial charge in [-0.2, -0.15) is 10.4 Å². The molecular formula is C17H18ClN5O3. The summed E-state index contributed by atoms with van der Waals surface area (Å²) in [7, 11) is 0. The zero-order valence-corrected chi connectivity index (χ0v) is 14.5. The molecule has 26 heavy (non-hydrogen) atoms. The van der Waals surface area contributed by atoms with E-state index in [1.807, 2.05) is 0 Å². The van der Waals surface area contributed by atoms with Gasteiger partial charge in [0.05, 0.1) is 18.0 Å². The number of benzene rings is 1. The molecule has 3 rings (SSSR count). The minimum atomic E-state index is -1.86. The Morgan fingerprint density at radius 2 is 2.12 bits per heavy atom. The van der Waals surface area contributed by atoms with Gasteiger partial charge in [-0.25, -0.2) is 0 Å². The monoisotopic (exact) mass is 375 g/mol. The SMILES string of the molecule is N#C[C@H]1CC(O)(O)CC[C@@H]1n1cc(C(N)=O)c(Nc2ccc(Cl)cc2)n1. The number of nitrogens with two attached hydrogens (primary N) is 1. The zero-order chi connectivity index (χ0) is 18.9. The Hall–Kier alpha value is -2.60. The van der Waals surface area contributed by atoms with Crippen molar-refractivity contribution in [2.45, 2.75) is 31.1 Å². The van der Waals surface area contributed by atoms with E-state index in [0.29, 0.717) is 17.1 Å². The first-order chi connectivity index (χ1) is 12.3. The number of nitrogens with zero attached hydrogens (tertiary/aromatic N) is 3. The second kappa shape index (κ2) is 6.96.